The van der Waals surface area contributed by atoms with Gasteiger partial charge in [-0.1, -0.05) is 6.42 Å². The second-order valence-electron chi connectivity index (χ2n) is 5.67. The summed E-state index contributed by atoms with van der Waals surface area (Å²) in [6, 6.07) is 4.74. The van der Waals surface area contributed by atoms with Crippen LogP contribution >= 0.6 is 0 Å². The zero-order valence-electron chi connectivity index (χ0n) is 12.2. The van der Waals surface area contributed by atoms with E-state index in [4.69, 9.17) is 0 Å². The maximum absolute atomic E-state index is 4.07. The molecular weight excluding hydrogens is 246 g/mol. The van der Waals surface area contributed by atoms with E-state index in [1.54, 1.807) is 0 Å². The molecular formula is C17H23N3. The van der Waals surface area contributed by atoms with Gasteiger partial charge in [-0.2, -0.15) is 0 Å². The first-order valence-electron chi connectivity index (χ1n) is 7.61. The van der Waals surface area contributed by atoms with Crippen LogP contribution in [0.4, 0.5) is 0 Å². The van der Waals surface area contributed by atoms with E-state index in [0.717, 1.165) is 13.0 Å². The third kappa shape index (κ3) is 2.93. The number of pyridine rings is 1. The van der Waals surface area contributed by atoms with E-state index in [2.05, 4.69) is 46.4 Å². The molecule has 1 N–H and O–H groups in total. The van der Waals surface area contributed by atoms with Gasteiger partial charge < -0.3 is 9.88 Å². The molecule has 1 aliphatic rings. The normalized spacial score (nSPS) is 18.6. The Morgan fingerprint density at radius 2 is 2.10 bits per heavy atom. The van der Waals surface area contributed by atoms with E-state index in [-0.39, 0.29) is 0 Å². The van der Waals surface area contributed by atoms with Crippen molar-refractivity contribution in [1.29, 1.82) is 0 Å². The van der Waals surface area contributed by atoms with Crippen LogP contribution in [0.25, 0.3) is 0 Å². The molecule has 1 atom stereocenters. The predicted octanol–water partition coefficient (Wildman–Crippen LogP) is 3.11. The summed E-state index contributed by atoms with van der Waals surface area (Å²) in [5.41, 5.74) is 4.41. The monoisotopic (exact) mass is 269 g/mol. The summed E-state index contributed by atoms with van der Waals surface area (Å²) in [6.45, 7) is 1.05. The van der Waals surface area contributed by atoms with Crippen molar-refractivity contribution in [2.24, 2.45) is 0 Å². The topological polar surface area (TPSA) is 29.9 Å². The third-order valence-corrected chi connectivity index (χ3v) is 4.32. The number of aryl methyl sites for hydroxylation is 3. The molecule has 106 valence electrons. The molecule has 0 saturated carbocycles. The lowest BCUT2D eigenvalue weighted by Gasteiger charge is -2.13. The first kappa shape index (κ1) is 13.4. The molecule has 0 amide bonds. The Bertz CT molecular complexity index is 545. The molecule has 0 bridgehead atoms. The fourth-order valence-electron chi connectivity index (χ4n) is 3.15. The first-order chi connectivity index (χ1) is 9.86. The summed E-state index contributed by atoms with van der Waals surface area (Å²) < 4.78 is 2.36. The predicted molar refractivity (Wildman–Crippen MR) is 81.7 cm³/mol. The van der Waals surface area contributed by atoms with Crippen LogP contribution in [0.5, 0.6) is 0 Å². The van der Waals surface area contributed by atoms with Gasteiger partial charge in [0.1, 0.15) is 0 Å². The number of hydrogen-bond acceptors (Lipinski definition) is 2. The second-order valence-corrected chi connectivity index (χ2v) is 5.67. The van der Waals surface area contributed by atoms with Gasteiger partial charge >= 0.3 is 0 Å². The lowest BCUT2D eigenvalue weighted by Crippen LogP contribution is -2.15. The minimum Gasteiger partial charge on any atom is -0.353 e. The Kier molecular flexibility index (Phi) is 4.16. The minimum atomic E-state index is 0.537. The van der Waals surface area contributed by atoms with E-state index in [0.29, 0.717) is 6.04 Å². The van der Waals surface area contributed by atoms with Gasteiger partial charge in [-0.25, -0.2) is 0 Å². The van der Waals surface area contributed by atoms with Crippen molar-refractivity contribution in [3.63, 3.8) is 0 Å². The number of rotatable bonds is 4. The number of nitrogens with one attached hydrogen (secondary N) is 1. The first-order valence-corrected chi connectivity index (χ1v) is 7.61. The number of nitrogens with zero attached hydrogens (tertiary/aromatic N) is 2. The van der Waals surface area contributed by atoms with Gasteiger partial charge in [0.25, 0.3) is 0 Å². The molecule has 0 spiro atoms. The second kappa shape index (κ2) is 6.23. The van der Waals surface area contributed by atoms with Crippen molar-refractivity contribution in [2.45, 2.75) is 44.7 Å². The quantitative estimate of drug-likeness (QED) is 0.864. The van der Waals surface area contributed by atoms with E-state index in [9.17, 15) is 0 Å². The molecule has 0 aliphatic heterocycles. The lowest BCUT2D eigenvalue weighted by molar-refractivity contribution is 0.530. The zero-order chi connectivity index (χ0) is 13.8. The van der Waals surface area contributed by atoms with Crippen LogP contribution in [0.2, 0.25) is 0 Å². The van der Waals surface area contributed by atoms with E-state index < -0.39 is 0 Å². The highest BCUT2D eigenvalue weighted by Crippen LogP contribution is 2.29. The molecule has 3 nitrogen and oxygen atoms in total. The highest BCUT2D eigenvalue weighted by Gasteiger charge is 2.18. The van der Waals surface area contributed by atoms with Crippen molar-refractivity contribution in [3.8, 4) is 0 Å². The van der Waals surface area contributed by atoms with Crippen LogP contribution in [0.3, 0.4) is 0 Å². The van der Waals surface area contributed by atoms with Crippen molar-refractivity contribution >= 4 is 0 Å². The lowest BCUT2D eigenvalue weighted by atomic mass is 10.1. The molecule has 1 aliphatic carbocycles. The maximum Gasteiger partial charge on any atom is 0.0335 e. The Morgan fingerprint density at radius 3 is 2.90 bits per heavy atom. The molecule has 3 rings (SSSR count). The number of fused-ring (bicyclic) bond motifs is 1. The van der Waals surface area contributed by atoms with Crippen LogP contribution in [-0.2, 0) is 19.4 Å². The van der Waals surface area contributed by atoms with Gasteiger partial charge in [-0.15, -0.1) is 0 Å². The highest BCUT2D eigenvalue weighted by molar-refractivity contribution is 5.29. The Balaban J connectivity index is 1.72. The largest absolute Gasteiger partial charge is 0.353 e. The van der Waals surface area contributed by atoms with Gasteiger partial charge in [-0.05, 0) is 61.6 Å². The van der Waals surface area contributed by atoms with Crippen LogP contribution in [0.1, 0.15) is 42.0 Å². The average Bonchev–Trinajstić information content (AvgIpc) is 2.80. The van der Waals surface area contributed by atoms with Crippen molar-refractivity contribution in [1.82, 2.24) is 14.9 Å². The summed E-state index contributed by atoms with van der Waals surface area (Å²) in [5.74, 6) is 0. The van der Waals surface area contributed by atoms with Crippen molar-refractivity contribution in [3.05, 3.63) is 53.6 Å². The molecule has 2 aromatic heterocycles. The molecule has 0 aromatic carbocycles. The van der Waals surface area contributed by atoms with Crippen molar-refractivity contribution in [2.75, 3.05) is 7.05 Å². The Morgan fingerprint density at radius 1 is 1.25 bits per heavy atom. The summed E-state index contributed by atoms with van der Waals surface area (Å²) >= 11 is 0. The average molecular weight is 269 g/mol. The Labute approximate surface area is 121 Å². The summed E-state index contributed by atoms with van der Waals surface area (Å²) in [6.07, 6.45) is 14.7. The van der Waals surface area contributed by atoms with Gasteiger partial charge in [-0.3, -0.25) is 4.98 Å². The highest BCUT2D eigenvalue weighted by atomic mass is 15.0. The smallest absolute Gasteiger partial charge is 0.0335 e. The van der Waals surface area contributed by atoms with Crippen LogP contribution in [-0.4, -0.2) is 16.6 Å². The summed E-state index contributed by atoms with van der Waals surface area (Å²) in [5, 5.41) is 3.47. The molecule has 0 radical (unpaired) electrons. The molecule has 0 fully saturated rings. The molecule has 1 unspecified atom stereocenters. The van der Waals surface area contributed by atoms with Gasteiger partial charge in [0.05, 0.1) is 0 Å². The molecule has 3 heteroatoms. The van der Waals surface area contributed by atoms with E-state index in [1.807, 2.05) is 12.4 Å². The number of aromatic nitrogens is 2. The van der Waals surface area contributed by atoms with Crippen LogP contribution in [0, 0.1) is 0 Å². The fourth-order valence-corrected chi connectivity index (χ4v) is 3.15. The van der Waals surface area contributed by atoms with Gasteiger partial charge in [0.15, 0.2) is 0 Å². The minimum absolute atomic E-state index is 0.537. The maximum atomic E-state index is 4.07. The van der Waals surface area contributed by atoms with Crippen molar-refractivity contribution < 1.29 is 0 Å². The zero-order valence-corrected chi connectivity index (χ0v) is 12.2. The van der Waals surface area contributed by atoms with E-state index >= 15 is 0 Å². The molecule has 0 saturated heterocycles. The standard InChI is InChI=1S/C17H23N3/c1-18-17-5-3-2-4-15-12-20(13-16(15)17)11-8-14-6-9-19-10-7-14/h6-7,9-10,12-13,17-18H,2-5,8,11H2,1H3. The summed E-state index contributed by atoms with van der Waals surface area (Å²) in [7, 11) is 2.08. The third-order valence-electron chi connectivity index (χ3n) is 4.32. The SMILES string of the molecule is CNC1CCCCc2cn(CCc3ccncc3)cc21. The summed E-state index contributed by atoms with van der Waals surface area (Å²) in [4.78, 5) is 4.07. The van der Waals surface area contributed by atoms with Gasteiger partial charge in [0.2, 0.25) is 0 Å². The molecule has 2 aromatic rings. The van der Waals surface area contributed by atoms with Gasteiger partial charge in [0, 0.05) is 37.4 Å². The van der Waals surface area contributed by atoms with Crippen LogP contribution in [0.15, 0.2) is 36.9 Å². The Hall–Kier alpha value is -1.61. The molecule has 2 heterocycles. The van der Waals surface area contributed by atoms with E-state index in [1.165, 1.54) is 42.4 Å². The number of hydrogen-bond donors (Lipinski definition) is 1. The van der Waals surface area contributed by atoms with Crippen LogP contribution < -0.4 is 5.32 Å². The molecule has 20 heavy (non-hydrogen) atoms. The fraction of sp³-hybridized carbons (Fsp3) is 0.471.